The molecule has 2 aromatic carbocycles. The molecule has 1 fully saturated rings. The van der Waals surface area contributed by atoms with Gasteiger partial charge in [0.25, 0.3) is 0 Å². The molecular formula is C22H23N5O2. The van der Waals surface area contributed by atoms with Crippen molar-refractivity contribution in [3.05, 3.63) is 64.8 Å². The molecule has 0 spiro atoms. The highest BCUT2D eigenvalue weighted by atomic mass is 16.2. The fourth-order valence-electron chi connectivity index (χ4n) is 4.32. The Morgan fingerprint density at radius 1 is 1.00 bits per heavy atom. The van der Waals surface area contributed by atoms with Crippen LogP contribution < -0.4 is 5.69 Å². The average Bonchev–Trinajstić information content (AvgIpc) is 3.31. The molecule has 0 bridgehead atoms. The van der Waals surface area contributed by atoms with Crippen LogP contribution in [-0.4, -0.2) is 43.4 Å². The minimum atomic E-state index is -0.0686. The third-order valence-corrected chi connectivity index (χ3v) is 5.82. The van der Waals surface area contributed by atoms with Crippen LogP contribution in [0.3, 0.4) is 0 Å². The Kier molecular flexibility index (Phi) is 4.42. The zero-order valence-corrected chi connectivity index (χ0v) is 16.1. The summed E-state index contributed by atoms with van der Waals surface area (Å²) in [6.45, 7) is 1.35. The third-order valence-electron chi connectivity index (χ3n) is 5.82. The molecule has 1 amide bonds. The number of fused-ring (bicyclic) bond motifs is 2. The van der Waals surface area contributed by atoms with Gasteiger partial charge in [0.15, 0.2) is 0 Å². The number of aromatic amines is 2. The van der Waals surface area contributed by atoms with Crippen LogP contribution in [0.5, 0.6) is 0 Å². The minimum absolute atomic E-state index is 0.0686. The Labute approximate surface area is 167 Å². The number of aryl methyl sites for hydroxylation is 1. The molecule has 0 saturated carbocycles. The van der Waals surface area contributed by atoms with E-state index in [1.807, 2.05) is 58.0 Å². The van der Waals surface area contributed by atoms with Crippen molar-refractivity contribution in [2.75, 3.05) is 13.1 Å². The largest absolute Gasteiger partial charge is 0.343 e. The van der Waals surface area contributed by atoms with Crippen LogP contribution in [0.2, 0.25) is 0 Å². The Hall–Kier alpha value is -3.35. The number of likely N-dealkylation sites (tertiary alicyclic amines) is 1. The highest BCUT2D eigenvalue weighted by Gasteiger charge is 2.26. The molecule has 5 rings (SSSR count). The van der Waals surface area contributed by atoms with E-state index in [1.165, 1.54) is 0 Å². The van der Waals surface area contributed by atoms with E-state index in [0.29, 0.717) is 25.9 Å². The Balaban J connectivity index is 1.21. The van der Waals surface area contributed by atoms with Gasteiger partial charge in [-0.3, -0.25) is 9.36 Å². The fraction of sp³-hybridized carbons (Fsp3) is 0.318. The molecule has 1 aliphatic heterocycles. The third kappa shape index (κ3) is 3.33. The van der Waals surface area contributed by atoms with E-state index in [4.69, 9.17) is 0 Å². The number of nitrogens with one attached hydrogen (secondary N) is 2. The summed E-state index contributed by atoms with van der Waals surface area (Å²) >= 11 is 0. The van der Waals surface area contributed by atoms with Crippen LogP contribution in [0, 0.1) is 0 Å². The van der Waals surface area contributed by atoms with Gasteiger partial charge in [-0.15, -0.1) is 0 Å². The number of para-hydroxylation sites is 4. The summed E-state index contributed by atoms with van der Waals surface area (Å²) < 4.78 is 1.85. The van der Waals surface area contributed by atoms with Crippen molar-refractivity contribution < 1.29 is 4.79 Å². The molecule has 0 atom stereocenters. The van der Waals surface area contributed by atoms with Gasteiger partial charge in [-0.25, -0.2) is 9.78 Å². The maximum absolute atomic E-state index is 12.7. The fourth-order valence-corrected chi connectivity index (χ4v) is 4.32. The van der Waals surface area contributed by atoms with Gasteiger partial charge in [0.1, 0.15) is 5.82 Å². The molecule has 148 valence electrons. The molecule has 29 heavy (non-hydrogen) atoms. The molecule has 2 aromatic heterocycles. The van der Waals surface area contributed by atoms with E-state index in [9.17, 15) is 9.59 Å². The number of hydrogen-bond donors (Lipinski definition) is 2. The summed E-state index contributed by atoms with van der Waals surface area (Å²) in [6, 6.07) is 15.8. The predicted molar refractivity (Wildman–Crippen MR) is 112 cm³/mol. The first-order valence-electron chi connectivity index (χ1n) is 10.1. The number of piperidine rings is 1. The molecule has 4 aromatic rings. The van der Waals surface area contributed by atoms with Gasteiger partial charge in [0.05, 0.1) is 22.1 Å². The molecule has 3 heterocycles. The summed E-state index contributed by atoms with van der Waals surface area (Å²) in [5.74, 6) is 0.995. The predicted octanol–water partition coefficient (Wildman–Crippen LogP) is 3.00. The summed E-state index contributed by atoms with van der Waals surface area (Å²) in [5, 5.41) is 0. The maximum Gasteiger partial charge on any atom is 0.326 e. The Bertz CT molecular complexity index is 1190. The van der Waals surface area contributed by atoms with Crippen LogP contribution in [0.25, 0.3) is 22.1 Å². The van der Waals surface area contributed by atoms with Gasteiger partial charge in [-0.05, 0) is 37.1 Å². The number of aromatic nitrogens is 4. The molecule has 1 aliphatic rings. The zero-order valence-electron chi connectivity index (χ0n) is 16.1. The van der Waals surface area contributed by atoms with Crippen LogP contribution >= 0.6 is 0 Å². The van der Waals surface area contributed by atoms with Crippen molar-refractivity contribution in [2.45, 2.75) is 31.7 Å². The van der Waals surface area contributed by atoms with Crippen molar-refractivity contribution >= 4 is 28.0 Å². The van der Waals surface area contributed by atoms with E-state index >= 15 is 0 Å². The number of nitrogens with zero attached hydrogens (tertiary/aromatic N) is 3. The second-order valence-corrected chi connectivity index (χ2v) is 7.63. The average molecular weight is 389 g/mol. The van der Waals surface area contributed by atoms with E-state index in [2.05, 4.69) is 15.0 Å². The van der Waals surface area contributed by atoms with Gasteiger partial charge >= 0.3 is 5.69 Å². The van der Waals surface area contributed by atoms with Crippen LogP contribution in [0.4, 0.5) is 0 Å². The standard InChI is InChI=1S/C22H23N5O2/c28-21(10-9-20-23-16-5-1-2-6-17(16)24-20)26-13-11-15(12-14-26)27-19-8-4-3-7-18(19)25-22(27)29/h1-8,15H,9-14H2,(H,23,24)(H,25,29). The summed E-state index contributed by atoms with van der Waals surface area (Å²) in [6.07, 6.45) is 2.63. The lowest BCUT2D eigenvalue weighted by molar-refractivity contribution is -0.132. The quantitative estimate of drug-likeness (QED) is 0.562. The normalized spacial score (nSPS) is 15.4. The van der Waals surface area contributed by atoms with Gasteiger partial charge in [-0.2, -0.15) is 0 Å². The summed E-state index contributed by atoms with van der Waals surface area (Å²) in [5.41, 5.74) is 3.66. The minimum Gasteiger partial charge on any atom is -0.343 e. The second-order valence-electron chi connectivity index (χ2n) is 7.63. The van der Waals surface area contributed by atoms with Gasteiger partial charge in [0, 0.05) is 32.0 Å². The van der Waals surface area contributed by atoms with Crippen molar-refractivity contribution in [2.24, 2.45) is 0 Å². The number of H-pyrrole nitrogens is 2. The summed E-state index contributed by atoms with van der Waals surface area (Å²) in [7, 11) is 0. The summed E-state index contributed by atoms with van der Waals surface area (Å²) in [4.78, 5) is 37.7. The first-order chi connectivity index (χ1) is 14.2. The lowest BCUT2D eigenvalue weighted by Gasteiger charge is -2.32. The molecule has 7 nitrogen and oxygen atoms in total. The first kappa shape index (κ1) is 17.7. The SMILES string of the molecule is O=C(CCc1nc2ccccc2[nH]1)N1CCC(n2c(=O)[nH]c3ccccc32)CC1. The lowest BCUT2D eigenvalue weighted by atomic mass is 10.0. The second kappa shape index (κ2) is 7.24. The van der Waals surface area contributed by atoms with Gasteiger partial charge in [-0.1, -0.05) is 24.3 Å². The van der Waals surface area contributed by atoms with Crippen molar-refractivity contribution in [1.29, 1.82) is 0 Å². The lowest BCUT2D eigenvalue weighted by Crippen LogP contribution is -2.40. The number of hydrogen-bond acceptors (Lipinski definition) is 3. The maximum atomic E-state index is 12.7. The topological polar surface area (TPSA) is 86.8 Å². The molecule has 0 aliphatic carbocycles. The van der Waals surface area contributed by atoms with E-state index < -0.39 is 0 Å². The Morgan fingerprint density at radius 2 is 1.72 bits per heavy atom. The zero-order chi connectivity index (χ0) is 19.8. The van der Waals surface area contributed by atoms with Crippen molar-refractivity contribution in [3.63, 3.8) is 0 Å². The Morgan fingerprint density at radius 3 is 2.52 bits per heavy atom. The van der Waals surface area contributed by atoms with E-state index in [1.54, 1.807) is 0 Å². The molecule has 7 heteroatoms. The van der Waals surface area contributed by atoms with Crippen LogP contribution in [0.1, 0.15) is 31.1 Å². The number of amides is 1. The first-order valence-corrected chi connectivity index (χ1v) is 10.1. The number of carbonyl (C=O) groups excluding carboxylic acids is 1. The molecule has 2 N–H and O–H groups in total. The molecule has 1 saturated heterocycles. The van der Waals surface area contributed by atoms with Crippen LogP contribution in [0.15, 0.2) is 53.3 Å². The number of rotatable bonds is 4. The highest BCUT2D eigenvalue weighted by Crippen LogP contribution is 2.25. The number of imidazole rings is 2. The molecule has 0 unspecified atom stereocenters. The van der Waals surface area contributed by atoms with Crippen LogP contribution in [-0.2, 0) is 11.2 Å². The molecule has 0 radical (unpaired) electrons. The van der Waals surface area contributed by atoms with Gasteiger partial charge in [0.2, 0.25) is 5.91 Å². The van der Waals surface area contributed by atoms with E-state index in [0.717, 1.165) is 40.7 Å². The van der Waals surface area contributed by atoms with Crippen molar-refractivity contribution in [3.8, 4) is 0 Å². The number of benzene rings is 2. The monoisotopic (exact) mass is 389 g/mol. The highest BCUT2D eigenvalue weighted by molar-refractivity contribution is 5.78. The number of carbonyl (C=O) groups is 1. The van der Waals surface area contributed by atoms with E-state index in [-0.39, 0.29) is 17.6 Å². The molecular weight excluding hydrogens is 366 g/mol. The van der Waals surface area contributed by atoms with Gasteiger partial charge < -0.3 is 14.9 Å². The smallest absolute Gasteiger partial charge is 0.326 e. The van der Waals surface area contributed by atoms with Crippen molar-refractivity contribution in [1.82, 2.24) is 24.4 Å².